The van der Waals surface area contributed by atoms with E-state index in [0.29, 0.717) is 5.92 Å². The molecule has 1 aliphatic carbocycles. The van der Waals surface area contributed by atoms with Crippen molar-refractivity contribution >= 4 is 11.6 Å². The molecule has 0 bridgehead atoms. The standard InChI is InChI=1S/C14H19Cl/c1-9(2)10-5-6-12-11(7-10)13(15)8-14(12,3)4/h5-7,9,13H,8H2,1-4H3. The van der Waals surface area contributed by atoms with Crippen LogP contribution in [0.3, 0.4) is 0 Å². The van der Waals surface area contributed by atoms with E-state index >= 15 is 0 Å². The molecule has 0 radical (unpaired) electrons. The predicted molar refractivity (Wildman–Crippen MR) is 66.8 cm³/mol. The first kappa shape index (κ1) is 11.0. The minimum Gasteiger partial charge on any atom is -0.118 e. The van der Waals surface area contributed by atoms with Gasteiger partial charge in [-0.2, -0.15) is 0 Å². The molecule has 0 aliphatic heterocycles. The van der Waals surface area contributed by atoms with Gasteiger partial charge in [0.1, 0.15) is 0 Å². The van der Waals surface area contributed by atoms with E-state index in [9.17, 15) is 0 Å². The van der Waals surface area contributed by atoms with Crippen molar-refractivity contribution in [2.45, 2.75) is 50.8 Å². The monoisotopic (exact) mass is 222 g/mol. The Morgan fingerprint density at radius 3 is 2.60 bits per heavy atom. The highest BCUT2D eigenvalue weighted by Crippen LogP contribution is 2.48. The van der Waals surface area contributed by atoms with Crippen LogP contribution in [0.15, 0.2) is 18.2 Å². The zero-order chi connectivity index (χ0) is 11.2. The summed E-state index contributed by atoms with van der Waals surface area (Å²) in [5, 5.41) is 0.202. The van der Waals surface area contributed by atoms with Crippen molar-refractivity contribution in [2.75, 3.05) is 0 Å². The van der Waals surface area contributed by atoms with Crippen LogP contribution in [0.25, 0.3) is 0 Å². The van der Waals surface area contributed by atoms with Crippen LogP contribution in [0.5, 0.6) is 0 Å². The van der Waals surface area contributed by atoms with E-state index in [4.69, 9.17) is 11.6 Å². The van der Waals surface area contributed by atoms with Gasteiger partial charge in [0.25, 0.3) is 0 Å². The highest BCUT2D eigenvalue weighted by Gasteiger charge is 2.35. The lowest BCUT2D eigenvalue weighted by atomic mass is 9.86. The van der Waals surface area contributed by atoms with Gasteiger partial charge >= 0.3 is 0 Å². The van der Waals surface area contributed by atoms with E-state index < -0.39 is 0 Å². The van der Waals surface area contributed by atoms with E-state index in [-0.39, 0.29) is 10.8 Å². The lowest BCUT2D eigenvalue weighted by Crippen LogP contribution is -2.11. The fourth-order valence-electron chi connectivity index (χ4n) is 2.48. The Morgan fingerprint density at radius 2 is 2.00 bits per heavy atom. The van der Waals surface area contributed by atoms with Crippen LogP contribution >= 0.6 is 11.6 Å². The Hall–Kier alpha value is -0.490. The molecule has 1 aliphatic rings. The molecule has 15 heavy (non-hydrogen) atoms. The number of alkyl halides is 1. The van der Waals surface area contributed by atoms with E-state index in [1.807, 2.05) is 0 Å². The molecule has 0 N–H and O–H groups in total. The lowest BCUT2D eigenvalue weighted by molar-refractivity contribution is 0.516. The fourth-order valence-corrected chi connectivity index (χ4v) is 3.05. The first-order valence-electron chi connectivity index (χ1n) is 5.70. The van der Waals surface area contributed by atoms with Crippen molar-refractivity contribution < 1.29 is 0 Å². The van der Waals surface area contributed by atoms with E-state index in [1.54, 1.807) is 0 Å². The van der Waals surface area contributed by atoms with Crippen molar-refractivity contribution in [1.29, 1.82) is 0 Å². The molecule has 0 amide bonds. The normalized spacial score (nSPS) is 23.2. The Kier molecular flexibility index (Phi) is 2.58. The van der Waals surface area contributed by atoms with Gasteiger partial charge in [-0.3, -0.25) is 0 Å². The van der Waals surface area contributed by atoms with Gasteiger partial charge in [0, 0.05) is 0 Å². The quantitative estimate of drug-likeness (QED) is 0.601. The maximum Gasteiger partial charge on any atom is 0.0596 e. The van der Waals surface area contributed by atoms with Gasteiger partial charge in [0.15, 0.2) is 0 Å². The molecule has 0 saturated heterocycles. The number of hydrogen-bond acceptors (Lipinski definition) is 0. The van der Waals surface area contributed by atoms with Crippen LogP contribution in [-0.4, -0.2) is 0 Å². The average Bonchev–Trinajstić information content (AvgIpc) is 2.37. The molecule has 1 atom stereocenters. The van der Waals surface area contributed by atoms with E-state index in [2.05, 4.69) is 45.9 Å². The molecular formula is C14H19Cl. The van der Waals surface area contributed by atoms with Crippen molar-refractivity contribution in [3.63, 3.8) is 0 Å². The Balaban J connectivity index is 2.51. The van der Waals surface area contributed by atoms with E-state index in [0.717, 1.165) is 6.42 Å². The summed E-state index contributed by atoms with van der Waals surface area (Å²) >= 11 is 6.40. The van der Waals surface area contributed by atoms with Crippen LogP contribution in [0.2, 0.25) is 0 Å². The van der Waals surface area contributed by atoms with Gasteiger partial charge in [-0.05, 0) is 34.4 Å². The Morgan fingerprint density at radius 1 is 1.33 bits per heavy atom. The number of hydrogen-bond donors (Lipinski definition) is 0. The summed E-state index contributed by atoms with van der Waals surface area (Å²) in [7, 11) is 0. The molecule has 1 aromatic rings. The molecule has 0 fully saturated rings. The van der Waals surface area contributed by atoms with Crippen molar-refractivity contribution in [2.24, 2.45) is 0 Å². The topological polar surface area (TPSA) is 0 Å². The molecular weight excluding hydrogens is 204 g/mol. The summed E-state index contributed by atoms with van der Waals surface area (Å²) in [6, 6.07) is 6.82. The first-order chi connectivity index (χ1) is 6.92. The SMILES string of the molecule is CC(C)c1ccc2c(c1)C(Cl)CC2(C)C. The number of benzene rings is 1. The minimum absolute atomic E-state index is 0.202. The molecule has 1 aromatic carbocycles. The second-order valence-electron chi connectivity index (χ2n) is 5.56. The first-order valence-corrected chi connectivity index (χ1v) is 6.14. The van der Waals surface area contributed by atoms with Crippen LogP contribution in [0.4, 0.5) is 0 Å². The average molecular weight is 223 g/mol. The van der Waals surface area contributed by atoms with Crippen molar-refractivity contribution in [1.82, 2.24) is 0 Å². The van der Waals surface area contributed by atoms with Crippen molar-refractivity contribution in [3.8, 4) is 0 Å². The summed E-state index contributed by atoms with van der Waals surface area (Å²) in [5.74, 6) is 0.586. The highest BCUT2D eigenvalue weighted by molar-refractivity contribution is 6.21. The van der Waals surface area contributed by atoms with Crippen LogP contribution in [0, 0.1) is 0 Å². The summed E-state index contributed by atoms with van der Waals surface area (Å²) in [4.78, 5) is 0. The molecule has 0 heterocycles. The molecule has 1 heteroatoms. The van der Waals surface area contributed by atoms with Gasteiger partial charge in [0.05, 0.1) is 5.38 Å². The lowest BCUT2D eigenvalue weighted by Gasteiger charge is -2.19. The third-order valence-corrected chi connectivity index (χ3v) is 3.89. The second kappa shape index (κ2) is 3.52. The Bertz CT molecular complexity index is 377. The maximum absolute atomic E-state index is 6.40. The summed E-state index contributed by atoms with van der Waals surface area (Å²) < 4.78 is 0. The summed E-state index contributed by atoms with van der Waals surface area (Å²) in [6.45, 7) is 9.02. The molecule has 82 valence electrons. The molecule has 2 rings (SSSR count). The molecule has 0 saturated carbocycles. The number of fused-ring (bicyclic) bond motifs is 1. The Labute approximate surface area is 97.6 Å². The van der Waals surface area contributed by atoms with Gasteiger partial charge in [-0.1, -0.05) is 45.9 Å². The zero-order valence-corrected chi connectivity index (χ0v) is 10.7. The predicted octanol–water partition coefficient (Wildman–Crippen LogP) is 4.77. The maximum atomic E-state index is 6.40. The zero-order valence-electron chi connectivity index (χ0n) is 9.97. The third-order valence-electron chi connectivity index (χ3n) is 3.50. The molecule has 1 unspecified atom stereocenters. The van der Waals surface area contributed by atoms with Gasteiger partial charge in [0.2, 0.25) is 0 Å². The smallest absolute Gasteiger partial charge is 0.0596 e. The van der Waals surface area contributed by atoms with Crippen LogP contribution in [-0.2, 0) is 5.41 Å². The summed E-state index contributed by atoms with van der Waals surface area (Å²) in [6.07, 6.45) is 1.06. The van der Waals surface area contributed by atoms with E-state index in [1.165, 1.54) is 16.7 Å². The largest absolute Gasteiger partial charge is 0.118 e. The number of halogens is 1. The van der Waals surface area contributed by atoms with Gasteiger partial charge in [-0.15, -0.1) is 11.6 Å². The molecule has 0 aromatic heterocycles. The van der Waals surface area contributed by atoms with Crippen LogP contribution in [0.1, 0.15) is 62.1 Å². The molecule has 0 spiro atoms. The number of rotatable bonds is 1. The van der Waals surface area contributed by atoms with Crippen LogP contribution < -0.4 is 0 Å². The third kappa shape index (κ3) is 1.80. The molecule has 0 nitrogen and oxygen atoms in total. The fraction of sp³-hybridized carbons (Fsp3) is 0.571. The van der Waals surface area contributed by atoms with Crippen molar-refractivity contribution in [3.05, 3.63) is 34.9 Å². The highest BCUT2D eigenvalue weighted by atomic mass is 35.5. The van der Waals surface area contributed by atoms with Gasteiger partial charge in [-0.25, -0.2) is 0 Å². The summed E-state index contributed by atoms with van der Waals surface area (Å²) in [5.41, 5.74) is 4.44. The van der Waals surface area contributed by atoms with Gasteiger partial charge < -0.3 is 0 Å². The second-order valence-corrected chi connectivity index (χ2v) is 6.08. The minimum atomic E-state index is 0.202.